The smallest absolute Gasteiger partial charge is 0.325 e. The van der Waals surface area contributed by atoms with E-state index in [0.29, 0.717) is 0 Å². The molecule has 0 fully saturated rings. The summed E-state index contributed by atoms with van der Waals surface area (Å²) in [4.78, 5) is 21.5. The molecule has 0 aliphatic heterocycles. The Morgan fingerprint density at radius 2 is 1.73 bits per heavy atom. The van der Waals surface area contributed by atoms with Crippen LogP contribution in [-0.2, 0) is 19.4 Å². The van der Waals surface area contributed by atoms with Gasteiger partial charge < -0.3 is 10.4 Å². The quantitative estimate of drug-likeness (QED) is 0.665. The highest BCUT2D eigenvalue weighted by Crippen LogP contribution is 2.00. The molecular weight excluding hydrogens is 222 g/mol. The predicted octanol–water partition coefficient (Wildman–Crippen LogP) is -0.601. The molecule has 0 aliphatic rings. The molecule has 0 aromatic heterocycles. The molecule has 0 aliphatic carbocycles. The number of carboxylic acids is 1. The number of carbonyl (C=O) groups is 2. The first kappa shape index (κ1) is 13.9. The summed E-state index contributed by atoms with van der Waals surface area (Å²) in [5, 5.41) is 9.90. The number of carboxylic acid groups (broad SMARTS) is 1. The van der Waals surface area contributed by atoms with Crippen molar-refractivity contribution in [3.8, 4) is 0 Å². The van der Waals surface area contributed by atoms with Crippen molar-refractivity contribution in [2.24, 2.45) is 0 Å². The van der Waals surface area contributed by atoms with Crippen molar-refractivity contribution >= 4 is 21.7 Å². The van der Waals surface area contributed by atoms with Crippen LogP contribution in [0.1, 0.15) is 20.8 Å². The van der Waals surface area contributed by atoms with Gasteiger partial charge in [0.15, 0.2) is 9.84 Å². The highest BCUT2D eigenvalue weighted by atomic mass is 32.2. The van der Waals surface area contributed by atoms with Crippen LogP contribution in [0.3, 0.4) is 0 Å². The fraction of sp³-hybridized carbons (Fsp3) is 0.750. The first-order chi connectivity index (χ1) is 6.66. The minimum Gasteiger partial charge on any atom is -0.480 e. The van der Waals surface area contributed by atoms with Gasteiger partial charge in [-0.1, -0.05) is 0 Å². The second-order valence-corrected chi connectivity index (χ2v) is 6.04. The summed E-state index contributed by atoms with van der Waals surface area (Å²) < 4.78 is 22.6. The lowest BCUT2D eigenvalue weighted by molar-refractivity contribution is -0.140. The Hall–Kier alpha value is -1.11. The van der Waals surface area contributed by atoms with Gasteiger partial charge in [-0.15, -0.1) is 0 Å². The van der Waals surface area contributed by atoms with Crippen LogP contribution >= 0.6 is 0 Å². The summed E-state index contributed by atoms with van der Waals surface area (Å²) >= 11 is 0. The molecule has 0 bridgehead atoms. The Balaban J connectivity index is 4.35. The molecule has 1 unspecified atom stereocenters. The van der Waals surface area contributed by atoms with E-state index in [1.165, 1.54) is 20.8 Å². The second-order valence-electron chi connectivity index (χ2n) is 3.48. The number of hydrogen-bond acceptors (Lipinski definition) is 4. The molecule has 88 valence electrons. The minimum absolute atomic E-state index is 0.650. The third-order valence-corrected chi connectivity index (χ3v) is 3.90. The topological polar surface area (TPSA) is 101 Å². The van der Waals surface area contributed by atoms with Crippen LogP contribution in [-0.4, -0.2) is 42.4 Å². The number of sulfone groups is 1. The highest BCUT2D eigenvalue weighted by molar-refractivity contribution is 7.92. The Morgan fingerprint density at radius 3 is 2.07 bits per heavy atom. The molecule has 1 atom stereocenters. The maximum atomic E-state index is 11.3. The summed E-state index contributed by atoms with van der Waals surface area (Å²) in [7, 11) is -3.47. The molecule has 0 aromatic carbocycles. The first-order valence-corrected chi connectivity index (χ1v) is 6.12. The third kappa shape index (κ3) is 4.78. The molecule has 15 heavy (non-hydrogen) atoms. The van der Waals surface area contributed by atoms with E-state index in [2.05, 4.69) is 5.32 Å². The average Bonchev–Trinajstić information content (AvgIpc) is 2.01. The number of hydrogen-bond donors (Lipinski definition) is 2. The lowest BCUT2D eigenvalue weighted by Gasteiger charge is -2.10. The van der Waals surface area contributed by atoms with Crippen molar-refractivity contribution < 1.29 is 23.1 Å². The molecule has 2 N–H and O–H groups in total. The van der Waals surface area contributed by atoms with Crippen LogP contribution in [0.25, 0.3) is 0 Å². The van der Waals surface area contributed by atoms with Gasteiger partial charge in [0.05, 0.1) is 5.25 Å². The van der Waals surface area contributed by atoms with Crippen molar-refractivity contribution in [1.29, 1.82) is 0 Å². The Labute approximate surface area is 88.6 Å². The summed E-state index contributed by atoms with van der Waals surface area (Å²) in [5.74, 6) is -2.67. The largest absolute Gasteiger partial charge is 0.480 e. The van der Waals surface area contributed by atoms with Gasteiger partial charge in [0.25, 0.3) is 0 Å². The number of rotatable bonds is 5. The molecule has 0 aromatic rings. The zero-order valence-corrected chi connectivity index (χ0v) is 9.67. The SMILES string of the molecule is CC(NC(=O)CS(=O)(=O)C(C)C)C(=O)O. The Bertz CT molecular complexity index is 346. The van der Waals surface area contributed by atoms with E-state index in [1.54, 1.807) is 0 Å². The number of carbonyl (C=O) groups excluding carboxylic acids is 1. The minimum atomic E-state index is -3.47. The van der Waals surface area contributed by atoms with E-state index >= 15 is 0 Å². The number of aliphatic carboxylic acids is 1. The lowest BCUT2D eigenvalue weighted by atomic mass is 10.3. The normalized spacial score (nSPS) is 13.6. The van der Waals surface area contributed by atoms with E-state index in [4.69, 9.17) is 5.11 Å². The van der Waals surface area contributed by atoms with E-state index in [0.717, 1.165) is 0 Å². The van der Waals surface area contributed by atoms with E-state index in [-0.39, 0.29) is 0 Å². The monoisotopic (exact) mass is 237 g/mol. The summed E-state index contributed by atoms with van der Waals surface area (Å²) in [6.45, 7) is 4.19. The summed E-state index contributed by atoms with van der Waals surface area (Å²) in [6.07, 6.45) is 0. The van der Waals surface area contributed by atoms with Gasteiger partial charge in [-0.05, 0) is 20.8 Å². The van der Waals surface area contributed by atoms with Gasteiger partial charge in [-0.2, -0.15) is 0 Å². The van der Waals surface area contributed by atoms with E-state index in [9.17, 15) is 18.0 Å². The molecule has 0 saturated heterocycles. The fourth-order valence-electron chi connectivity index (χ4n) is 0.694. The predicted molar refractivity (Wildman–Crippen MR) is 54.2 cm³/mol. The molecule has 7 heteroatoms. The van der Waals surface area contributed by atoms with Gasteiger partial charge in [0.1, 0.15) is 11.8 Å². The molecule has 0 heterocycles. The molecule has 0 radical (unpaired) electrons. The van der Waals surface area contributed by atoms with Gasteiger partial charge in [-0.3, -0.25) is 9.59 Å². The van der Waals surface area contributed by atoms with Crippen molar-refractivity contribution in [3.63, 3.8) is 0 Å². The van der Waals surface area contributed by atoms with Crippen molar-refractivity contribution in [1.82, 2.24) is 5.32 Å². The number of nitrogens with one attached hydrogen (secondary N) is 1. The maximum Gasteiger partial charge on any atom is 0.325 e. The lowest BCUT2D eigenvalue weighted by Crippen LogP contribution is -2.42. The molecule has 6 nitrogen and oxygen atoms in total. The van der Waals surface area contributed by atoms with Crippen LogP contribution in [0.4, 0.5) is 0 Å². The van der Waals surface area contributed by atoms with Crippen molar-refractivity contribution in [2.75, 3.05) is 5.75 Å². The standard InChI is InChI=1S/C8H15NO5S/c1-5(2)15(13,14)4-7(10)9-6(3)8(11)12/h5-6H,4H2,1-3H3,(H,9,10)(H,11,12). The zero-order chi connectivity index (χ0) is 12.2. The average molecular weight is 237 g/mol. The molecular formula is C8H15NO5S. The Morgan fingerprint density at radius 1 is 1.27 bits per heavy atom. The van der Waals surface area contributed by atoms with Gasteiger partial charge >= 0.3 is 5.97 Å². The third-order valence-electron chi connectivity index (χ3n) is 1.80. The summed E-state index contributed by atoms with van der Waals surface area (Å²) in [6, 6.07) is -1.08. The summed E-state index contributed by atoms with van der Waals surface area (Å²) in [5.41, 5.74) is 0. The van der Waals surface area contributed by atoms with Crippen LogP contribution in [0.5, 0.6) is 0 Å². The van der Waals surface area contributed by atoms with E-state index < -0.39 is 38.8 Å². The molecule has 1 amide bonds. The Kier molecular flexibility index (Phi) is 4.73. The zero-order valence-electron chi connectivity index (χ0n) is 8.85. The van der Waals surface area contributed by atoms with Crippen molar-refractivity contribution in [3.05, 3.63) is 0 Å². The molecule has 0 spiro atoms. The molecule has 0 rings (SSSR count). The maximum absolute atomic E-state index is 11.3. The van der Waals surface area contributed by atoms with Gasteiger partial charge in [-0.25, -0.2) is 8.42 Å². The van der Waals surface area contributed by atoms with Crippen molar-refractivity contribution in [2.45, 2.75) is 32.1 Å². The first-order valence-electron chi connectivity index (χ1n) is 4.40. The van der Waals surface area contributed by atoms with E-state index in [1.807, 2.05) is 0 Å². The van der Waals surface area contributed by atoms with Gasteiger partial charge in [0.2, 0.25) is 5.91 Å². The van der Waals surface area contributed by atoms with Gasteiger partial charge in [0, 0.05) is 0 Å². The van der Waals surface area contributed by atoms with Crippen LogP contribution in [0.2, 0.25) is 0 Å². The fourth-order valence-corrected chi connectivity index (χ4v) is 1.48. The van der Waals surface area contributed by atoms with Crippen LogP contribution in [0, 0.1) is 0 Å². The van der Waals surface area contributed by atoms with Crippen LogP contribution < -0.4 is 5.32 Å². The van der Waals surface area contributed by atoms with Crippen LogP contribution in [0.15, 0.2) is 0 Å². The highest BCUT2D eigenvalue weighted by Gasteiger charge is 2.22. The number of amides is 1. The second kappa shape index (κ2) is 5.11. The molecule has 0 saturated carbocycles.